The highest BCUT2D eigenvalue weighted by Gasteiger charge is 2.32. The Morgan fingerprint density at radius 2 is 2.14 bits per heavy atom. The molecule has 160 valence electrons. The number of carbonyl (C=O) groups is 2. The van der Waals surface area contributed by atoms with Gasteiger partial charge >= 0.3 is 0 Å². The molecule has 0 aliphatic carbocycles. The number of carbonyl (C=O) groups excluding carboxylic acids is 2. The zero-order valence-electron chi connectivity index (χ0n) is 16.7. The van der Waals surface area contributed by atoms with Crippen LogP contribution < -0.4 is 10.1 Å². The number of likely N-dealkylation sites (tertiary alicyclic amines) is 1. The average Bonchev–Trinajstić information content (AvgIpc) is 3.26. The van der Waals surface area contributed by atoms with Crippen molar-refractivity contribution in [1.29, 1.82) is 0 Å². The molecule has 4 rings (SSSR count). The van der Waals surface area contributed by atoms with Crippen LogP contribution in [0.4, 0.5) is 0 Å². The highest BCUT2D eigenvalue weighted by atomic mass is 35.5. The van der Waals surface area contributed by atoms with E-state index in [1.54, 1.807) is 0 Å². The Kier molecular flexibility index (Phi) is 7.75. The van der Waals surface area contributed by atoms with Crippen molar-refractivity contribution in [3.8, 4) is 5.75 Å². The molecule has 2 atom stereocenters. The fourth-order valence-electron chi connectivity index (χ4n) is 4.27. The smallest absolute Gasteiger partial charge is 0.254 e. The van der Waals surface area contributed by atoms with Crippen LogP contribution in [-0.2, 0) is 9.53 Å². The third kappa shape index (κ3) is 5.41. The molecule has 3 aliphatic rings. The van der Waals surface area contributed by atoms with E-state index in [1.165, 1.54) is 0 Å². The first-order chi connectivity index (χ1) is 13.7. The van der Waals surface area contributed by atoms with Crippen molar-refractivity contribution in [2.24, 2.45) is 0 Å². The third-order valence-corrected chi connectivity index (χ3v) is 5.79. The van der Waals surface area contributed by atoms with E-state index in [9.17, 15) is 9.59 Å². The van der Waals surface area contributed by atoms with Crippen molar-refractivity contribution >= 4 is 24.2 Å². The van der Waals surface area contributed by atoms with Crippen LogP contribution in [0.2, 0.25) is 0 Å². The van der Waals surface area contributed by atoms with Gasteiger partial charge in [0, 0.05) is 44.4 Å². The largest absolute Gasteiger partial charge is 0.491 e. The Bertz CT molecular complexity index is 711. The Morgan fingerprint density at radius 1 is 1.24 bits per heavy atom. The summed E-state index contributed by atoms with van der Waals surface area (Å²) < 4.78 is 11.4. The van der Waals surface area contributed by atoms with Gasteiger partial charge in [0.1, 0.15) is 12.4 Å². The van der Waals surface area contributed by atoms with Gasteiger partial charge in [-0.05, 0) is 43.9 Å². The SMILES string of the molecule is Cl.O=C(c1cccc(OCC2CCCO2)c1)N1CCCC(N2CCNCC2=O)C1. The second-order valence-electron chi connectivity index (χ2n) is 7.78. The molecule has 0 saturated carbocycles. The van der Waals surface area contributed by atoms with Crippen molar-refractivity contribution in [1.82, 2.24) is 15.1 Å². The van der Waals surface area contributed by atoms with Gasteiger partial charge in [-0.25, -0.2) is 0 Å². The molecular weight excluding hydrogens is 394 g/mol. The normalized spacial score (nSPS) is 24.9. The van der Waals surface area contributed by atoms with Gasteiger partial charge in [0.15, 0.2) is 0 Å². The zero-order chi connectivity index (χ0) is 19.3. The van der Waals surface area contributed by atoms with Gasteiger partial charge in [0.25, 0.3) is 5.91 Å². The molecule has 8 heteroatoms. The minimum atomic E-state index is 0. The van der Waals surface area contributed by atoms with Crippen LogP contribution in [0.15, 0.2) is 24.3 Å². The molecule has 3 fully saturated rings. The fourth-order valence-corrected chi connectivity index (χ4v) is 4.27. The number of rotatable bonds is 5. The molecule has 0 aromatic heterocycles. The summed E-state index contributed by atoms with van der Waals surface area (Å²) in [6.07, 6.45) is 4.14. The Hall–Kier alpha value is -1.83. The van der Waals surface area contributed by atoms with E-state index in [1.807, 2.05) is 34.1 Å². The topological polar surface area (TPSA) is 71.1 Å². The van der Waals surface area contributed by atoms with E-state index < -0.39 is 0 Å². The molecule has 0 spiro atoms. The molecule has 0 bridgehead atoms. The number of hydrogen-bond acceptors (Lipinski definition) is 5. The van der Waals surface area contributed by atoms with Crippen LogP contribution in [0.5, 0.6) is 5.75 Å². The van der Waals surface area contributed by atoms with E-state index in [-0.39, 0.29) is 36.4 Å². The van der Waals surface area contributed by atoms with Crippen molar-refractivity contribution in [3.63, 3.8) is 0 Å². The van der Waals surface area contributed by atoms with E-state index in [0.29, 0.717) is 31.0 Å². The molecule has 3 saturated heterocycles. The van der Waals surface area contributed by atoms with Gasteiger partial charge in [-0.3, -0.25) is 9.59 Å². The lowest BCUT2D eigenvalue weighted by molar-refractivity contribution is -0.135. The average molecular weight is 424 g/mol. The van der Waals surface area contributed by atoms with Crippen molar-refractivity contribution in [2.75, 3.05) is 45.9 Å². The number of hydrogen-bond donors (Lipinski definition) is 1. The monoisotopic (exact) mass is 423 g/mol. The molecule has 1 aromatic carbocycles. The second kappa shape index (κ2) is 10.3. The van der Waals surface area contributed by atoms with E-state index in [2.05, 4.69) is 5.32 Å². The highest BCUT2D eigenvalue weighted by molar-refractivity contribution is 5.94. The molecule has 7 nitrogen and oxygen atoms in total. The number of benzene rings is 1. The lowest BCUT2D eigenvalue weighted by Crippen LogP contribution is -2.57. The van der Waals surface area contributed by atoms with Crippen molar-refractivity contribution < 1.29 is 19.1 Å². The first-order valence-electron chi connectivity index (χ1n) is 10.3. The first kappa shape index (κ1) is 21.9. The van der Waals surface area contributed by atoms with E-state index in [4.69, 9.17) is 9.47 Å². The summed E-state index contributed by atoms with van der Waals surface area (Å²) in [4.78, 5) is 29.1. The zero-order valence-corrected chi connectivity index (χ0v) is 17.5. The van der Waals surface area contributed by atoms with Gasteiger partial charge in [-0.1, -0.05) is 6.07 Å². The van der Waals surface area contributed by atoms with Crippen LogP contribution in [0.1, 0.15) is 36.0 Å². The second-order valence-corrected chi connectivity index (χ2v) is 7.78. The molecule has 3 aliphatic heterocycles. The van der Waals surface area contributed by atoms with Gasteiger partial charge in [-0.2, -0.15) is 0 Å². The van der Waals surface area contributed by atoms with Crippen LogP contribution >= 0.6 is 12.4 Å². The van der Waals surface area contributed by atoms with Crippen LogP contribution in [-0.4, -0.2) is 79.7 Å². The lowest BCUT2D eigenvalue weighted by Gasteiger charge is -2.41. The third-order valence-electron chi connectivity index (χ3n) is 5.79. The molecule has 29 heavy (non-hydrogen) atoms. The molecule has 0 radical (unpaired) electrons. The summed E-state index contributed by atoms with van der Waals surface area (Å²) in [5, 5.41) is 3.11. The van der Waals surface area contributed by atoms with Crippen LogP contribution in [0, 0.1) is 0 Å². The Labute approximate surface area is 178 Å². The van der Waals surface area contributed by atoms with E-state index >= 15 is 0 Å². The fraction of sp³-hybridized carbons (Fsp3) is 0.619. The Balaban J connectivity index is 0.00000240. The van der Waals surface area contributed by atoms with Crippen molar-refractivity contribution in [3.05, 3.63) is 29.8 Å². The highest BCUT2D eigenvalue weighted by Crippen LogP contribution is 2.22. The number of piperazine rings is 1. The summed E-state index contributed by atoms with van der Waals surface area (Å²) in [5.41, 5.74) is 0.636. The van der Waals surface area contributed by atoms with Gasteiger partial charge < -0.3 is 24.6 Å². The summed E-state index contributed by atoms with van der Waals surface area (Å²) in [6, 6.07) is 7.51. The molecule has 2 unspecified atom stereocenters. The standard InChI is InChI=1S/C21H29N3O4.ClH/c25-20-13-22-8-10-24(20)17-5-2-9-23(14-17)21(26)16-4-1-6-18(12-16)28-15-19-7-3-11-27-19;/h1,4,6,12,17,19,22H,2-3,5,7-11,13-15H2;1H. The summed E-state index contributed by atoms with van der Waals surface area (Å²) in [5.74, 6) is 0.845. The molecular formula is C21H30ClN3O4. The predicted molar refractivity (Wildman–Crippen MR) is 112 cm³/mol. The first-order valence-corrected chi connectivity index (χ1v) is 10.3. The maximum Gasteiger partial charge on any atom is 0.254 e. The minimum absolute atomic E-state index is 0. The Morgan fingerprint density at radius 3 is 2.93 bits per heavy atom. The summed E-state index contributed by atoms with van der Waals surface area (Å²) >= 11 is 0. The predicted octanol–water partition coefficient (Wildman–Crippen LogP) is 1.70. The maximum absolute atomic E-state index is 13.1. The lowest BCUT2D eigenvalue weighted by atomic mass is 10.0. The molecule has 1 aromatic rings. The van der Waals surface area contributed by atoms with E-state index in [0.717, 1.165) is 51.9 Å². The number of piperidine rings is 1. The molecule has 2 amide bonds. The van der Waals surface area contributed by atoms with Gasteiger partial charge in [0.05, 0.1) is 12.6 Å². The van der Waals surface area contributed by atoms with Gasteiger partial charge in [0.2, 0.25) is 5.91 Å². The van der Waals surface area contributed by atoms with Crippen LogP contribution in [0.3, 0.4) is 0 Å². The number of nitrogens with one attached hydrogen (secondary N) is 1. The number of halogens is 1. The van der Waals surface area contributed by atoms with Gasteiger partial charge in [-0.15, -0.1) is 12.4 Å². The number of ether oxygens (including phenoxy) is 2. The summed E-state index contributed by atoms with van der Waals surface area (Å²) in [7, 11) is 0. The molecule has 3 heterocycles. The number of amides is 2. The summed E-state index contributed by atoms with van der Waals surface area (Å²) in [6.45, 7) is 4.60. The quantitative estimate of drug-likeness (QED) is 0.780. The maximum atomic E-state index is 13.1. The minimum Gasteiger partial charge on any atom is -0.491 e. The van der Waals surface area contributed by atoms with Crippen molar-refractivity contribution in [2.45, 2.75) is 37.8 Å². The number of nitrogens with zero attached hydrogens (tertiary/aromatic N) is 2. The van der Waals surface area contributed by atoms with Crippen LogP contribution in [0.25, 0.3) is 0 Å². The molecule has 1 N–H and O–H groups in total.